The van der Waals surface area contributed by atoms with Gasteiger partial charge in [0.25, 0.3) is 0 Å². The lowest BCUT2D eigenvalue weighted by atomic mass is 10.0. The van der Waals surface area contributed by atoms with E-state index < -0.39 is 0 Å². The number of carbonyl (C=O) groups is 1. The molecule has 3 aromatic rings. The molecule has 0 aliphatic heterocycles. The molecule has 0 aliphatic carbocycles. The number of amides is 1. The molecule has 0 fully saturated rings. The molecule has 8 nitrogen and oxygen atoms in total. The van der Waals surface area contributed by atoms with E-state index in [9.17, 15) is 4.79 Å². The summed E-state index contributed by atoms with van der Waals surface area (Å²) in [6.07, 6.45) is 1.83. The van der Waals surface area contributed by atoms with E-state index in [1.165, 1.54) is 17.3 Å². The number of thioether (sulfide) groups is 1. The third-order valence-corrected chi connectivity index (χ3v) is 5.25. The van der Waals surface area contributed by atoms with Crippen molar-refractivity contribution in [2.45, 2.75) is 37.9 Å². The van der Waals surface area contributed by atoms with Gasteiger partial charge in [-0.05, 0) is 46.2 Å². The predicted molar refractivity (Wildman–Crippen MR) is 108 cm³/mol. The van der Waals surface area contributed by atoms with Crippen LogP contribution in [-0.4, -0.2) is 43.3 Å². The van der Waals surface area contributed by atoms with E-state index in [1.807, 2.05) is 24.3 Å². The van der Waals surface area contributed by atoms with Gasteiger partial charge in [-0.3, -0.25) is 4.79 Å². The number of hydrogen-bond acceptors (Lipinski definition) is 7. The lowest BCUT2D eigenvalue weighted by molar-refractivity contribution is -0.129. The first kappa shape index (κ1) is 20.6. The highest BCUT2D eigenvalue weighted by Crippen LogP contribution is 2.21. The van der Waals surface area contributed by atoms with Crippen molar-refractivity contribution >= 4 is 17.7 Å². The second-order valence-corrected chi connectivity index (χ2v) is 7.65. The highest BCUT2D eigenvalue weighted by Gasteiger charge is 2.18. The molecule has 150 valence electrons. The smallest absolute Gasteiger partial charge is 0.233 e. The molecular formula is C20H22N6O2S. The molecule has 0 spiro atoms. The third-order valence-electron chi connectivity index (χ3n) is 4.34. The second kappa shape index (κ2) is 9.89. The van der Waals surface area contributed by atoms with Crippen LogP contribution >= 0.6 is 11.8 Å². The van der Waals surface area contributed by atoms with Crippen molar-refractivity contribution in [2.75, 3.05) is 12.3 Å². The van der Waals surface area contributed by atoms with Crippen LogP contribution in [0.4, 0.5) is 0 Å². The van der Waals surface area contributed by atoms with Crippen LogP contribution in [0.2, 0.25) is 0 Å². The number of nitriles is 1. The average molecular weight is 411 g/mol. The van der Waals surface area contributed by atoms with Gasteiger partial charge in [0.15, 0.2) is 0 Å². The van der Waals surface area contributed by atoms with E-state index in [2.05, 4.69) is 35.4 Å². The Hall–Kier alpha value is -3.12. The molecule has 2 aromatic heterocycles. The molecule has 0 aliphatic rings. The zero-order valence-electron chi connectivity index (χ0n) is 16.4. The van der Waals surface area contributed by atoms with Crippen LogP contribution in [0.3, 0.4) is 0 Å². The van der Waals surface area contributed by atoms with E-state index in [-0.39, 0.29) is 18.1 Å². The van der Waals surface area contributed by atoms with Crippen molar-refractivity contribution in [2.24, 2.45) is 0 Å². The minimum atomic E-state index is -0.105. The lowest BCUT2D eigenvalue weighted by Gasteiger charge is -2.20. The molecule has 0 saturated carbocycles. The highest BCUT2D eigenvalue weighted by molar-refractivity contribution is 7.99. The van der Waals surface area contributed by atoms with Crippen LogP contribution in [0.1, 0.15) is 37.5 Å². The van der Waals surface area contributed by atoms with Crippen molar-refractivity contribution < 1.29 is 9.21 Å². The molecule has 2 heterocycles. The summed E-state index contributed by atoms with van der Waals surface area (Å²) in [6, 6.07) is 13.7. The number of nitrogens with zero attached hydrogens (tertiary/aromatic N) is 6. The Kier molecular flexibility index (Phi) is 7.03. The minimum Gasteiger partial charge on any atom is -0.467 e. The Balaban J connectivity index is 1.66. The fourth-order valence-corrected chi connectivity index (χ4v) is 3.51. The molecular weight excluding hydrogens is 388 g/mol. The third kappa shape index (κ3) is 5.45. The van der Waals surface area contributed by atoms with Crippen molar-refractivity contribution in [3.05, 3.63) is 54.0 Å². The maximum atomic E-state index is 12.7. The molecule has 1 aromatic carbocycles. The summed E-state index contributed by atoms with van der Waals surface area (Å²) in [7, 11) is 0. The Labute approximate surface area is 173 Å². The Bertz CT molecular complexity index is 960. The lowest BCUT2D eigenvalue weighted by Crippen LogP contribution is -2.32. The average Bonchev–Trinajstić information content (AvgIpc) is 3.41. The maximum Gasteiger partial charge on any atom is 0.233 e. The number of rotatable bonds is 9. The first-order chi connectivity index (χ1) is 14.1. The number of aromatic nitrogens is 4. The van der Waals surface area contributed by atoms with Crippen LogP contribution in [0.25, 0.3) is 5.69 Å². The normalized spacial score (nSPS) is 10.8. The molecule has 0 N–H and O–H groups in total. The summed E-state index contributed by atoms with van der Waals surface area (Å²) < 4.78 is 6.95. The van der Waals surface area contributed by atoms with Gasteiger partial charge in [-0.15, -0.1) is 5.10 Å². The standard InChI is InChI=1S/C20H22N6O2S/c1-15(2)16-6-8-17(9-7-16)26-20(22-23-24-26)29-14-19(27)25(11-4-10-21)13-18-5-3-12-28-18/h3,5-9,12,15H,4,11,13-14H2,1-2H3. The molecule has 9 heteroatoms. The zero-order chi connectivity index (χ0) is 20.6. The number of carbonyl (C=O) groups excluding carboxylic acids is 1. The molecule has 29 heavy (non-hydrogen) atoms. The molecule has 1 amide bonds. The van der Waals surface area contributed by atoms with Crippen LogP contribution < -0.4 is 0 Å². The molecule has 0 bridgehead atoms. The maximum absolute atomic E-state index is 12.7. The zero-order valence-corrected chi connectivity index (χ0v) is 17.2. The largest absolute Gasteiger partial charge is 0.467 e. The monoisotopic (exact) mass is 410 g/mol. The van der Waals surface area contributed by atoms with Crippen molar-refractivity contribution in [1.82, 2.24) is 25.1 Å². The Morgan fingerprint density at radius 2 is 2.10 bits per heavy atom. The van der Waals surface area contributed by atoms with Gasteiger partial charge in [-0.25, -0.2) is 0 Å². The topological polar surface area (TPSA) is 101 Å². The Morgan fingerprint density at radius 1 is 1.31 bits per heavy atom. The summed E-state index contributed by atoms with van der Waals surface area (Å²) in [5.74, 6) is 1.18. The molecule has 0 saturated heterocycles. The fourth-order valence-electron chi connectivity index (χ4n) is 2.72. The predicted octanol–water partition coefficient (Wildman–Crippen LogP) is 3.41. The summed E-state index contributed by atoms with van der Waals surface area (Å²) in [6.45, 7) is 4.95. The van der Waals surface area contributed by atoms with Gasteiger partial charge in [0.2, 0.25) is 11.1 Å². The second-order valence-electron chi connectivity index (χ2n) is 6.71. The van der Waals surface area contributed by atoms with Crippen LogP contribution in [0.5, 0.6) is 0 Å². The van der Waals surface area contributed by atoms with Gasteiger partial charge in [0.05, 0.1) is 36.7 Å². The summed E-state index contributed by atoms with van der Waals surface area (Å²) >= 11 is 1.26. The Morgan fingerprint density at radius 3 is 2.76 bits per heavy atom. The van der Waals surface area contributed by atoms with Gasteiger partial charge in [-0.1, -0.05) is 37.7 Å². The van der Waals surface area contributed by atoms with Crippen molar-refractivity contribution in [1.29, 1.82) is 5.26 Å². The summed E-state index contributed by atoms with van der Waals surface area (Å²) in [4.78, 5) is 14.3. The number of furan rings is 1. The quantitative estimate of drug-likeness (QED) is 0.498. The van der Waals surface area contributed by atoms with E-state index >= 15 is 0 Å². The first-order valence-electron chi connectivity index (χ1n) is 9.27. The van der Waals surface area contributed by atoms with E-state index in [1.54, 1.807) is 28.0 Å². The van der Waals surface area contributed by atoms with Crippen molar-refractivity contribution in [3.8, 4) is 11.8 Å². The molecule has 3 rings (SSSR count). The SMILES string of the molecule is CC(C)c1ccc(-n2nnnc2SCC(=O)N(CCC#N)Cc2ccco2)cc1. The fraction of sp³-hybridized carbons (Fsp3) is 0.350. The number of hydrogen-bond donors (Lipinski definition) is 0. The van der Waals surface area contributed by atoms with E-state index in [4.69, 9.17) is 9.68 Å². The van der Waals surface area contributed by atoms with Crippen LogP contribution in [-0.2, 0) is 11.3 Å². The molecule has 0 atom stereocenters. The van der Waals surface area contributed by atoms with Crippen LogP contribution in [0, 0.1) is 11.3 Å². The van der Waals surface area contributed by atoms with Gasteiger partial charge >= 0.3 is 0 Å². The molecule has 0 unspecified atom stereocenters. The minimum absolute atomic E-state index is 0.105. The summed E-state index contributed by atoms with van der Waals surface area (Å²) in [5.41, 5.74) is 2.07. The molecule has 0 radical (unpaired) electrons. The highest BCUT2D eigenvalue weighted by atomic mass is 32.2. The van der Waals surface area contributed by atoms with E-state index in [0.29, 0.717) is 29.9 Å². The summed E-state index contributed by atoms with van der Waals surface area (Å²) in [5, 5.41) is 21.2. The number of benzene rings is 1. The van der Waals surface area contributed by atoms with Crippen LogP contribution in [0.15, 0.2) is 52.2 Å². The van der Waals surface area contributed by atoms with Gasteiger partial charge in [0, 0.05) is 6.54 Å². The van der Waals surface area contributed by atoms with E-state index in [0.717, 1.165) is 5.69 Å². The number of tetrazole rings is 1. The first-order valence-corrected chi connectivity index (χ1v) is 10.3. The van der Waals surface area contributed by atoms with Gasteiger partial charge in [0.1, 0.15) is 5.76 Å². The van der Waals surface area contributed by atoms with Gasteiger partial charge in [-0.2, -0.15) is 9.94 Å². The van der Waals surface area contributed by atoms with Crippen molar-refractivity contribution in [3.63, 3.8) is 0 Å². The van der Waals surface area contributed by atoms with Gasteiger partial charge < -0.3 is 9.32 Å².